The van der Waals surface area contributed by atoms with Crippen molar-refractivity contribution in [1.29, 1.82) is 0 Å². The van der Waals surface area contributed by atoms with Gasteiger partial charge in [-0.2, -0.15) is 0 Å². The maximum atomic E-state index is 12.0. The largest absolute Gasteiger partial charge is 0.478 e. The number of anilines is 1. The number of carbonyl (C=O) groups is 3. The number of carbonyl (C=O) groups excluding carboxylic acids is 2. The van der Waals surface area contributed by atoms with E-state index in [2.05, 4.69) is 5.32 Å². The number of carboxylic acids is 1. The van der Waals surface area contributed by atoms with Crippen LogP contribution in [0.4, 0.5) is 5.00 Å². The Labute approximate surface area is 126 Å². The van der Waals surface area contributed by atoms with Crippen LogP contribution < -0.4 is 5.32 Å². The molecule has 0 saturated carbocycles. The topological polar surface area (TPSA) is 86.7 Å². The number of nitrogens with one attached hydrogen (secondary N) is 1. The second-order valence-electron chi connectivity index (χ2n) is 5.08. The van der Waals surface area contributed by atoms with Gasteiger partial charge in [0.25, 0.3) is 0 Å². The number of carboxylic acid groups (broad SMARTS) is 1. The van der Waals surface area contributed by atoms with Gasteiger partial charge in [-0.1, -0.05) is 6.42 Å². The summed E-state index contributed by atoms with van der Waals surface area (Å²) in [7, 11) is 0. The highest BCUT2D eigenvalue weighted by molar-refractivity contribution is 7.16. The lowest BCUT2D eigenvalue weighted by Gasteiger charge is -2.19. The van der Waals surface area contributed by atoms with Crippen LogP contribution in [0, 0.1) is 6.92 Å². The lowest BCUT2D eigenvalue weighted by atomic mass is 10.2. The lowest BCUT2D eigenvalue weighted by Crippen LogP contribution is -2.37. The first-order valence-electron chi connectivity index (χ1n) is 6.88. The van der Waals surface area contributed by atoms with Gasteiger partial charge in [0, 0.05) is 17.8 Å². The highest BCUT2D eigenvalue weighted by atomic mass is 32.1. The molecule has 0 aromatic carbocycles. The van der Waals surface area contributed by atoms with Gasteiger partial charge in [0.1, 0.15) is 5.00 Å². The summed E-state index contributed by atoms with van der Waals surface area (Å²) >= 11 is 1.22. The van der Waals surface area contributed by atoms with Crippen molar-refractivity contribution in [2.45, 2.75) is 32.6 Å². The fraction of sp³-hybridized carbons (Fsp3) is 0.500. The molecule has 2 heterocycles. The zero-order valence-electron chi connectivity index (χ0n) is 11.8. The number of hydrogen-bond acceptors (Lipinski definition) is 4. The van der Waals surface area contributed by atoms with Crippen LogP contribution in [0.25, 0.3) is 0 Å². The number of hydrogen-bond donors (Lipinski definition) is 2. The van der Waals surface area contributed by atoms with Crippen molar-refractivity contribution in [1.82, 2.24) is 4.90 Å². The summed E-state index contributed by atoms with van der Waals surface area (Å²) in [6, 6.07) is 1.53. The van der Waals surface area contributed by atoms with E-state index in [1.807, 2.05) is 0 Å². The Morgan fingerprint density at radius 2 is 2.14 bits per heavy atom. The van der Waals surface area contributed by atoms with Gasteiger partial charge in [0.05, 0.1) is 12.1 Å². The molecule has 0 bridgehead atoms. The minimum Gasteiger partial charge on any atom is -0.478 e. The third kappa shape index (κ3) is 4.04. The second-order valence-corrected chi connectivity index (χ2v) is 6.34. The maximum absolute atomic E-state index is 12.0. The molecule has 1 fully saturated rings. The molecule has 0 aliphatic carbocycles. The van der Waals surface area contributed by atoms with Gasteiger partial charge >= 0.3 is 5.97 Å². The molecule has 1 aliphatic heterocycles. The number of rotatable bonds is 4. The molecular formula is C14H18N2O4S. The highest BCUT2D eigenvalue weighted by Gasteiger charge is 2.21. The highest BCUT2D eigenvalue weighted by Crippen LogP contribution is 2.27. The minimum atomic E-state index is -1.07. The van der Waals surface area contributed by atoms with Crippen LogP contribution in [0.1, 0.15) is 40.9 Å². The van der Waals surface area contributed by atoms with Crippen molar-refractivity contribution in [3.8, 4) is 0 Å². The van der Waals surface area contributed by atoms with E-state index >= 15 is 0 Å². The SMILES string of the molecule is Cc1cc(C(=O)O)c(NC(=O)CN2CCCCCC2=O)s1. The molecule has 21 heavy (non-hydrogen) atoms. The molecule has 2 rings (SSSR count). The van der Waals surface area contributed by atoms with Crippen LogP contribution in [0.15, 0.2) is 6.07 Å². The average molecular weight is 310 g/mol. The molecule has 1 aromatic heterocycles. The minimum absolute atomic E-state index is 0.0107. The molecular weight excluding hydrogens is 292 g/mol. The van der Waals surface area contributed by atoms with Crippen LogP contribution in [-0.4, -0.2) is 40.9 Å². The van der Waals surface area contributed by atoms with Gasteiger partial charge in [-0.05, 0) is 25.8 Å². The molecule has 6 nitrogen and oxygen atoms in total. The molecule has 2 amide bonds. The summed E-state index contributed by atoms with van der Waals surface area (Å²) in [5, 5.41) is 12.0. The summed E-state index contributed by atoms with van der Waals surface area (Å²) in [5.41, 5.74) is 0.0908. The third-order valence-corrected chi connectivity index (χ3v) is 4.31. The van der Waals surface area contributed by atoms with Gasteiger partial charge < -0.3 is 15.3 Å². The Kier molecular flexibility index (Phi) is 4.95. The zero-order chi connectivity index (χ0) is 15.4. The van der Waals surface area contributed by atoms with Gasteiger partial charge in [-0.3, -0.25) is 9.59 Å². The van der Waals surface area contributed by atoms with Crippen molar-refractivity contribution in [2.24, 2.45) is 0 Å². The summed E-state index contributed by atoms with van der Waals surface area (Å²) in [6.07, 6.45) is 3.24. The molecule has 1 aromatic rings. The maximum Gasteiger partial charge on any atom is 0.338 e. The molecule has 0 atom stereocenters. The number of aryl methyl sites for hydroxylation is 1. The quantitative estimate of drug-likeness (QED) is 0.891. The van der Waals surface area contributed by atoms with E-state index in [-0.39, 0.29) is 23.9 Å². The predicted molar refractivity (Wildman–Crippen MR) is 79.7 cm³/mol. The van der Waals surface area contributed by atoms with Crippen LogP contribution in [0.2, 0.25) is 0 Å². The first kappa shape index (κ1) is 15.5. The second kappa shape index (κ2) is 6.71. The van der Waals surface area contributed by atoms with Crippen LogP contribution in [-0.2, 0) is 9.59 Å². The van der Waals surface area contributed by atoms with Crippen LogP contribution >= 0.6 is 11.3 Å². The number of likely N-dealkylation sites (tertiary alicyclic amines) is 1. The molecule has 0 radical (unpaired) electrons. The Bertz CT molecular complexity index is 567. The van der Waals surface area contributed by atoms with E-state index in [1.165, 1.54) is 17.4 Å². The summed E-state index contributed by atoms with van der Waals surface area (Å²) in [6.45, 7) is 2.35. The van der Waals surface area contributed by atoms with Crippen LogP contribution in [0.5, 0.6) is 0 Å². The van der Waals surface area contributed by atoms with E-state index in [0.29, 0.717) is 18.0 Å². The fourth-order valence-electron chi connectivity index (χ4n) is 2.31. The van der Waals surface area contributed by atoms with Crippen LogP contribution in [0.3, 0.4) is 0 Å². The monoisotopic (exact) mass is 310 g/mol. The normalized spacial score (nSPS) is 15.7. The van der Waals surface area contributed by atoms with Gasteiger partial charge in [0.2, 0.25) is 11.8 Å². The fourth-order valence-corrected chi connectivity index (χ4v) is 3.23. The summed E-state index contributed by atoms with van der Waals surface area (Å²) in [5.74, 6) is -1.43. The Morgan fingerprint density at radius 3 is 2.86 bits per heavy atom. The van der Waals surface area contributed by atoms with Crippen molar-refractivity contribution < 1.29 is 19.5 Å². The predicted octanol–water partition coefficient (Wildman–Crippen LogP) is 2.10. The standard InChI is InChI=1S/C14H18N2O4S/c1-9-7-10(14(19)20)13(21-9)15-11(17)8-16-6-4-2-3-5-12(16)18/h7H,2-6,8H2,1H3,(H,15,17)(H,19,20). The summed E-state index contributed by atoms with van der Waals surface area (Å²) < 4.78 is 0. The molecule has 114 valence electrons. The number of thiophene rings is 1. The van der Waals surface area contributed by atoms with E-state index in [4.69, 9.17) is 5.11 Å². The van der Waals surface area contributed by atoms with Crippen molar-refractivity contribution in [3.63, 3.8) is 0 Å². The third-order valence-electron chi connectivity index (χ3n) is 3.34. The Morgan fingerprint density at radius 1 is 1.38 bits per heavy atom. The molecule has 1 aliphatic rings. The molecule has 0 unspecified atom stereocenters. The van der Waals surface area contributed by atoms with Gasteiger partial charge in [-0.15, -0.1) is 11.3 Å². The van der Waals surface area contributed by atoms with Crippen molar-refractivity contribution in [2.75, 3.05) is 18.4 Å². The van der Waals surface area contributed by atoms with Crippen molar-refractivity contribution in [3.05, 3.63) is 16.5 Å². The van der Waals surface area contributed by atoms with Gasteiger partial charge in [0.15, 0.2) is 0 Å². The van der Waals surface area contributed by atoms with E-state index in [9.17, 15) is 14.4 Å². The molecule has 0 spiro atoms. The molecule has 7 heteroatoms. The van der Waals surface area contributed by atoms with E-state index in [0.717, 1.165) is 24.1 Å². The first-order valence-corrected chi connectivity index (χ1v) is 7.70. The first-order chi connectivity index (χ1) is 9.97. The number of amides is 2. The van der Waals surface area contributed by atoms with E-state index < -0.39 is 5.97 Å². The number of aromatic carboxylic acids is 1. The zero-order valence-corrected chi connectivity index (χ0v) is 12.7. The smallest absolute Gasteiger partial charge is 0.338 e. The summed E-state index contributed by atoms with van der Waals surface area (Å²) in [4.78, 5) is 37.3. The molecule has 2 N–H and O–H groups in total. The average Bonchev–Trinajstić information content (AvgIpc) is 2.65. The molecule has 1 saturated heterocycles. The lowest BCUT2D eigenvalue weighted by molar-refractivity contribution is -0.134. The van der Waals surface area contributed by atoms with Gasteiger partial charge in [-0.25, -0.2) is 4.79 Å². The Balaban J connectivity index is 2.01. The van der Waals surface area contributed by atoms with E-state index in [1.54, 1.807) is 11.8 Å². The number of nitrogens with zero attached hydrogens (tertiary/aromatic N) is 1. The van der Waals surface area contributed by atoms with Crippen molar-refractivity contribution >= 4 is 34.1 Å². The Hall–Kier alpha value is -1.89.